The molecular formula is C11H21N3O. The van der Waals surface area contributed by atoms with E-state index < -0.39 is 0 Å². The molecule has 0 fully saturated rings. The molecule has 0 bridgehead atoms. The minimum Gasteiger partial charge on any atom is -0.390 e. The molecule has 0 aliphatic rings. The van der Waals surface area contributed by atoms with Crippen LogP contribution >= 0.6 is 0 Å². The van der Waals surface area contributed by atoms with Crippen molar-refractivity contribution in [2.75, 3.05) is 19.6 Å². The van der Waals surface area contributed by atoms with Gasteiger partial charge in [-0.2, -0.15) is 0 Å². The maximum atomic E-state index is 9.04. The monoisotopic (exact) mass is 211 g/mol. The predicted octanol–water partition coefficient (Wildman–Crippen LogP) is 1.11. The van der Waals surface area contributed by atoms with Gasteiger partial charge in [0.15, 0.2) is 0 Å². The van der Waals surface area contributed by atoms with Crippen molar-refractivity contribution < 1.29 is 5.11 Å². The van der Waals surface area contributed by atoms with Gasteiger partial charge in [-0.3, -0.25) is 0 Å². The summed E-state index contributed by atoms with van der Waals surface area (Å²) in [6, 6.07) is 0. The summed E-state index contributed by atoms with van der Waals surface area (Å²) in [5.41, 5.74) is 0.898. The zero-order chi connectivity index (χ0) is 11.1. The van der Waals surface area contributed by atoms with Crippen LogP contribution in [0.2, 0.25) is 0 Å². The van der Waals surface area contributed by atoms with Gasteiger partial charge in [-0.05, 0) is 26.1 Å². The molecular weight excluding hydrogens is 190 g/mol. The third kappa shape index (κ3) is 3.64. The van der Waals surface area contributed by atoms with Crippen LogP contribution in [0.15, 0.2) is 12.5 Å². The fraction of sp³-hybridized carbons (Fsp3) is 0.727. The summed E-state index contributed by atoms with van der Waals surface area (Å²) in [5.74, 6) is 0. The lowest BCUT2D eigenvalue weighted by molar-refractivity contribution is 0.265. The van der Waals surface area contributed by atoms with E-state index in [0.717, 1.165) is 38.3 Å². The number of aryl methyl sites for hydroxylation is 1. The summed E-state index contributed by atoms with van der Waals surface area (Å²) >= 11 is 0. The highest BCUT2D eigenvalue weighted by Gasteiger charge is 2.02. The van der Waals surface area contributed by atoms with E-state index in [2.05, 4.69) is 23.7 Å². The summed E-state index contributed by atoms with van der Waals surface area (Å²) in [7, 11) is 0. The van der Waals surface area contributed by atoms with Gasteiger partial charge < -0.3 is 14.6 Å². The lowest BCUT2D eigenvalue weighted by Gasteiger charge is -2.18. The average molecular weight is 211 g/mol. The molecule has 0 atom stereocenters. The second kappa shape index (κ2) is 6.58. The van der Waals surface area contributed by atoms with Gasteiger partial charge in [0.1, 0.15) is 0 Å². The van der Waals surface area contributed by atoms with Crippen molar-refractivity contribution in [1.82, 2.24) is 14.5 Å². The van der Waals surface area contributed by atoms with Crippen LogP contribution in [0, 0.1) is 0 Å². The maximum absolute atomic E-state index is 9.04. The smallest absolute Gasteiger partial charge is 0.0948 e. The van der Waals surface area contributed by atoms with Crippen LogP contribution in [0.4, 0.5) is 0 Å². The number of hydrogen-bond acceptors (Lipinski definition) is 3. The van der Waals surface area contributed by atoms with E-state index >= 15 is 0 Å². The molecule has 1 heterocycles. The zero-order valence-corrected chi connectivity index (χ0v) is 9.69. The van der Waals surface area contributed by atoms with E-state index in [0.29, 0.717) is 0 Å². The Morgan fingerprint density at radius 3 is 2.73 bits per heavy atom. The van der Waals surface area contributed by atoms with E-state index in [-0.39, 0.29) is 6.61 Å². The lowest BCUT2D eigenvalue weighted by Crippen LogP contribution is -2.24. The summed E-state index contributed by atoms with van der Waals surface area (Å²) in [6.07, 6.45) is 4.61. The largest absolute Gasteiger partial charge is 0.390 e. The molecule has 0 aliphatic heterocycles. The van der Waals surface area contributed by atoms with Crippen molar-refractivity contribution >= 4 is 0 Å². The van der Waals surface area contributed by atoms with Crippen LogP contribution in [0.25, 0.3) is 0 Å². The van der Waals surface area contributed by atoms with E-state index in [4.69, 9.17) is 5.11 Å². The summed E-state index contributed by atoms with van der Waals surface area (Å²) < 4.78 is 2.02. The van der Waals surface area contributed by atoms with Gasteiger partial charge in [-0.25, -0.2) is 4.98 Å². The zero-order valence-electron chi connectivity index (χ0n) is 9.69. The second-order valence-corrected chi connectivity index (χ2v) is 3.62. The Kier molecular flexibility index (Phi) is 5.36. The molecule has 1 aromatic rings. The van der Waals surface area contributed by atoms with Crippen LogP contribution < -0.4 is 0 Å². The second-order valence-electron chi connectivity index (χ2n) is 3.62. The third-order valence-corrected chi connectivity index (χ3v) is 2.73. The molecule has 0 saturated carbocycles. The first-order valence-electron chi connectivity index (χ1n) is 5.64. The Morgan fingerprint density at radius 1 is 1.40 bits per heavy atom. The molecule has 0 radical (unpaired) electrons. The topological polar surface area (TPSA) is 41.3 Å². The van der Waals surface area contributed by atoms with Crippen molar-refractivity contribution in [3.8, 4) is 0 Å². The van der Waals surface area contributed by atoms with E-state index in [1.165, 1.54) is 0 Å². The molecule has 1 rings (SSSR count). The van der Waals surface area contributed by atoms with Crippen LogP contribution in [-0.4, -0.2) is 39.2 Å². The molecule has 0 spiro atoms. The Bertz CT molecular complexity index is 269. The normalized spacial score (nSPS) is 11.2. The molecule has 0 aromatic carbocycles. The number of hydrogen-bond donors (Lipinski definition) is 1. The van der Waals surface area contributed by atoms with Crippen molar-refractivity contribution in [2.45, 2.75) is 33.4 Å². The van der Waals surface area contributed by atoms with Gasteiger partial charge in [-0.15, -0.1) is 0 Å². The predicted molar refractivity (Wildman–Crippen MR) is 60.6 cm³/mol. The minimum absolute atomic E-state index is 0.0747. The Morgan fingerprint density at radius 2 is 2.13 bits per heavy atom. The van der Waals surface area contributed by atoms with E-state index in [1.54, 1.807) is 12.5 Å². The third-order valence-electron chi connectivity index (χ3n) is 2.73. The summed E-state index contributed by atoms with van der Waals surface area (Å²) in [5, 5.41) is 9.04. The summed E-state index contributed by atoms with van der Waals surface area (Å²) in [6.45, 7) is 8.69. The van der Waals surface area contributed by atoms with Crippen molar-refractivity contribution in [2.24, 2.45) is 0 Å². The van der Waals surface area contributed by atoms with Crippen molar-refractivity contribution in [3.05, 3.63) is 18.2 Å². The van der Waals surface area contributed by atoms with Gasteiger partial charge in [0.25, 0.3) is 0 Å². The van der Waals surface area contributed by atoms with Crippen molar-refractivity contribution in [3.63, 3.8) is 0 Å². The number of nitrogens with zero attached hydrogens (tertiary/aromatic N) is 3. The number of imidazole rings is 1. The van der Waals surface area contributed by atoms with E-state index in [1.807, 2.05) is 4.57 Å². The fourth-order valence-corrected chi connectivity index (χ4v) is 1.69. The molecule has 86 valence electrons. The number of aliphatic hydroxyl groups is 1. The van der Waals surface area contributed by atoms with Gasteiger partial charge in [-0.1, -0.05) is 13.8 Å². The fourth-order valence-electron chi connectivity index (χ4n) is 1.69. The molecule has 1 aromatic heterocycles. The number of aromatic nitrogens is 2. The first-order chi connectivity index (χ1) is 7.31. The maximum Gasteiger partial charge on any atom is 0.0948 e. The van der Waals surface area contributed by atoms with Crippen LogP contribution in [-0.2, 0) is 13.2 Å². The Hall–Kier alpha value is -0.870. The number of aliphatic hydroxyl groups excluding tert-OH is 1. The molecule has 15 heavy (non-hydrogen) atoms. The Labute approximate surface area is 91.5 Å². The molecule has 4 heteroatoms. The van der Waals surface area contributed by atoms with Gasteiger partial charge in [0.05, 0.1) is 24.8 Å². The summed E-state index contributed by atoms with van der Waals surface area (Å²) in [4.78, 5) is 6.42. The number of rotatable bonds is 7. The lowest BCUT2D eigenvalue weighted by atomic mass is 10.3. The van der Waals surface area contributed by atoms with Crippen LogP contribution in [0.5, 0.6) is 0 Å². The van der Waals surface area contributed by atoms with Crippen molar-refractivity contribution in [1.29, 1.82) is 0 Å². The van der Waals surface area contributed by atoms with E-state index in [9.17, 15) is 0 Å². The van der Waals surface area contributed by atoms with Gasteiger partial charge in [0, 0.05) is 6.54 Å². The molecule has 0 aliphatic carbocycles. The highest BCUT2D eigenvalue weighted by Crippen LogP contribution is 2.01. The first-order valence-corrected chi connectivity index (χ1v) is 5.64. The van der Waals surface area contributed by atoms with Crippen LogP contribution in [0.3, 0.4) is 0 Å². The van der Waals surface area contributed by atoms with Gasteiger partial charge in [0.2, 0.25) is 0 Å². The Balaban J connectivity index is 2.31. The highest BCUT2D eigenvalue weighted by molar-refractivity contribution is 4.95. The molecule has 0 saturated heterocycles. The molecule has 1 N–H and O–H groups in total. The first kappa shape index (κ1) is 12.2. The quantitative estimate of drug-likeness (QED) is 0.734. The standard InChI is InChI=1S/C11H21N3O/c1-3-13(4-2)6-5-7-14-10-12-8-11(14)9-15/h8,10,15H,3-7,9H2,1-2H3. The van der Waals surface area contributed by atoms with Crippen LogP contribution in [0.1, 0.15) is 26.0 Å². The average Bonchev–Trinajstić information content (AvgIpc) is 2.72. The molecule has 0 amide bonds. The SMILES string of the molecule is CCN(CC)CCCn1cncc1CO. The van der Waals surface area contributed by atoms with Gasteiger partial charge >= 0.3 is 0 Å². The minimum atomic E-state index is 0.0747. The highest BCUT2D eigenvalue weighted by atomic mass is 16.3. The molecule has 0 unspecified atom stereocenters. The molecule has 4 nitrogen and oxygen atoms in total.